The Labute approximate surface area is 68.8 Å². The molecule has 0 aliphatic carbocycles. The van der Waals surface area contributed by atoms with Crippen molar-refractivity contribution >= 4 is 16.5 Å². The first-order chi connectivity index (χ1) is 5.79. The summed E-state index contributed by atoms with van der Waals surface area (Å²) in [6.07, 6.45) is 1.62. The minimum Gasteiger partial charge on any atom is -0.398 e. The van der Waals surface area contributed by atoms with Crippen LogP contribution < -0.4 is 11.3 Å². The van der Waals surface area contributed by atoms with Crippen LogP contribution in [0.15, 0.2) is 35.3 Å². The summed E-state index contributed by atoms with van der Waals surface area (Å²) in [5.41, 5.74) is 6.03. The van der Waals surface area contributed by atoms with Crippen molar-refractivity contribution in [3.63, 3.8) is 0 Å². The van der Waals surface area contributed by atoms with E-state index in [-0.39, 0.29) is 5.56 Å². The molecular formula is C9H8N2O. The molecule has 3 heteroatoms. The monoisotopic (exact) mass is 160 g/mol. The van der Waals surface area contributed by atoms with E-state index in [1.807, 2.05) is 18.2 Å². The van der Waals surface area contributed by atoms with Gasteiger partial charge in [-0.25, -0.2) is 0 Å². The van der Waals surface area contributed by atoms with Crippen molar-refractivity contribution in [3.8, 4) is 0 Å². The zero-order valence-electron chi connectivity index (χ0n) is 6.37. The highest BCUT2D eigenvalue weighted by Gasteiger charge is 1.99. The molecule has 0 atom stereocenters. The van der Waals surface area contributed by atoms with Crippen molar-refractivity contribution in [3.05, 3.63) is 40.8 Å². The second-order valence-electron chi connectivity index (χ2n) is 2.62. The third-order valence-corrected chi connectivity index (χ3v) is 1.83. The van der Waals surface area contributed by atoms with Crippen LogP contribution in [0.2, 0.25) is 0 Å². The fraction of sp³-hybridized carbons (Fsp3) is 0. The van der Waals surface area contributed by atoms with Crippen LogP contribution >= 0.6 is 0 Å². The lowest BCUT2D eigenvalue weighted by atomic mass is 10.1. The Hall–Kier alpha value is -1.77. The second-order valence-corrected chi connectivity index (χ2v) is 2.62. The van der Waals surface area contributed by atoms with Gasteiger partial charge >= 0.3 is 0 Å². The molecule has 12 heavy (non-hydrogen) atoms. The number of hydrogen-bond donors (Lipinski definition) is 2. The predicted octanol–water partition coefficient (Wildman–Crippen LogP) is 1.11. The van der Waals surface area contributed by atoms with Gasteiger partial charge in [-0.15, -0.1) is 0 Å². The van der Waals surface area contributed by atoms with Crippen molar-refractivity contribution in [1.82, 2.24) is 4.98 Å². The number of aromatic nitrogens is 1. The summed E-state index contributed by atoms with van der Waals surface area (Å²) in [7, 11) is 0. The van der Waals surface area contributed by atoms with Crippen molar-refractivity contribution in [2.24, 2.45) is 0 Å². The maximum Gasteiger partial charge on any atom is 0.257 e. The molecule has 0 aliphatic heterocycles. The van der Waals surface area contributed by atoms with Crippen molar-refractivity contribution in [2.45, 2.75) is 0 Å². The first-order valence-corrected chi connectivity index (χ1v) is 3.65. The summed E-state index contributed by atoms with van der Waals surface area (Å²) < 4.78 is 0. The Morgan fingerprint density at radius 1 is 1.25 bits per heavy atom. The summed E-state index contributed by atoms with van der Waals surface area (Å²) >= 11 is 0. The number of benzene rings is 1. The molecule has 0 aliphatic rings. The molecule has 3 nitrogen and oxygen atoms in total. The Kier molecular flexibility index (Phi) is 1.37. The van der Waals surface area contributed by atoms with E-state index in [4.69, 9.17) is 5.73 Å². The number of pyridine rings is 1. The van der Waals surface area contributed by atoms with Gasteiger partial charge in [-0.05, 0) is 17.5 Å². The molecule has 2 aromatic rings. The van der Waals surface area contributed by atoms with Gasteiger partial charge in [-0.3, -0.25) is 4.79 Å². The van der Waals surface area contributed by atoms with Crippen molar-refractivity contribution in [1.29, 1.82) is 0 Å². The maximum absolute atomic E-state index is 11.3. The van der Waals surface area contributed by atoms with Crippen LogP contribution in [0, 0.1) is 0 Å². The predicted molar refractivity (Wildman–Crippen MR) is 49.0 cm³/mol. The molecule has 0 saturated carbocycles. The van der Waals surface area contributed by atoms with Gasteiger partial charge in [-0.2, -0.15) is 0 Å². The van der Waals surface area contributed by atoms with E-state index in [0.717, 1.165) is 5.39 Å². The molecule has 0 fully saturated rings. The van der Waals surface area contributed by atoms with Crippen LogP contribution in [0.25, 0.3) is 10.8 Å². The fourth-order valence-electron chi connectivity index (χ4n) is 1.27. The minimum absolute atomic E-state index is 0.134. The number of anilines is 1. The lowest BCUT2D eigenvalue weighted by Gasteiger charge is -1.98. The molecule has 0 spiro atoms. The quantitative estimate of drug-likeness (QED) is 0.567. The van der Waals surface area contributed by atoms with Gasteiger partial charge < -0.3 is 10.7 Å². The highest BCUT2D eigenvalue weighted by molar-refractivity contribution is 5.91. The minimum atomic E-state index is -0.134. The zero-order valence-corrected chi connectivity index (χ0v) is 6.37. The highest BCUT2D eigenvalue weighted by Crippen LogP contribution is 2.14. The lowest BCUT2D eigenvalue weighted by Crippen LogP contribution is -2.06. The van der Waals surface area contributed by atoms with Crippen molar-refractivity contribution < 1.29 is 0 Å². The number of aromatic amines is 1. The van der Waals surface area contributed by atoms with Gasteiger partial charge in [0.05, 0.1) is 5.39 Å². The number of fused-ring (bicyclic) bond motifs is 1. The molecule has 1 heterocycles. The van der Waals surface area contributed by atoms with Crippen molar-refractivity contribution in [2.75, 3.05) is 5.73 Å². The molecule has 0 radical (unpaired) electrons. The standard InChI is InChI=1S/C9H8N2O/c10-7-3-1-2-6-4-5-11-9(12)8(6)7/h1-5H,10H2,(H,11,12). The Balaban J connectivity index is 3.07. The van der Waals surface area contributed by atoms with Crippen LogP contribution in [0.5, 0.6) is 0 Å². The second kappa shape index (κ2) is 2.37. The van der Waals surface area contributed by atoms with Gasteiger partial charge in [0.15, 0.2) is 0 Å². The van der Waals surface area contributed by atoms with Crippen LogP contribution in [0.4, 0.5) is 5.69 Å². The van der Waals surface area contributed by atoms with Gasteiger partial charge in [0.1, 0.15) is 0 Å². The first kappa shape index (κ1) is 6.91. The van der Waals surface area contributed by atoms with Crippen LogP contribution in [0.1, 0.15) is 0 Å². The van der Waals surface area contributed by atoms with Gasteiger partial charge in [0, 0.05) is 11.9 Å². The summed E-state index contributed by atoms with van der Waals surface area (Å²) in [6.45, 7) is 0. The Bertz CT molecular complexity index is 468. The number of nitrogens with one attached hydrogen (secondary N) is 1. The summed E-state index contributed by atoms with van der Waals surface area (Å²) in [5.74, 6) is 0. The average molecular weight is 160 g/mol. The van der Waals surface area contributed by atoms with Crippen LogP contribution in [-0.4, -0.2) is 4.98 Å². The van der Waals surface area contributed by atoms with E-state index in [0.29, 0.717) is 11.1 Å². The molecule has 2 rings (SSSR count). The Morgan fingerprint density at radius 3 is 2.83 bits per heavy atom. The van der Waals surface area contributed by atoms with E-state index in [1.165, 1.54) is 0 Å². The summed E-state index contributed by atoms with van der Waals surface area (Å²) in [4.78, 5) is 13.8. The summed E-state index contributed by atoms with van der Waals surface area (Å²) in [5, 5.41) is 1.44. The van der Waals surface area contributed by atoms with E-state index in [1.54, 1.807) is 12.3 Å². The van der Waals surface area contributed by atoms with E-state index >= 15 is 0 Å². The fourth-order valence-corrected chi connectivity index (χ4v) is 1.27. The third kappa shape index (κ3) is 0.871. The molecule has 1 aromatic heterocycles. The molecule has 0 saturated heterocycles. The number of H-pyrrole nitrogens is 1. The molecule has 1 aromatic carbocycles. The number of rotatable bonds is 0. The molecule has 0 amide bonds. The third-order valence-electron chi connectivity index (χ3n) is 1.83. The topological polar surface area (TPSA) is 58.9 Å². The molecule has 0 bridgehead atoms. The normalized spacial score (nSPS) is 10.3. The summed E-state index contributed by atoms with van der Waals surface area (Å²) in [6, 6.07) is 7.24. The van der Waals surface area contributed by atoms with Crippen LogP contribution in [0.3, 0.4) is 0 Å². The zero-order chi connectivity index (χ0) is 8.55. The van der Waals surface area contributed by atoms with E-state index < -0.39 is 0 Å². The van der Waals surface area contributed by atoms with E-state index in [9.17, 15) is 4.79 Å². The average Bonchev–Trinajstić information content (AvgIpc) is 2.04. The molecular weight excluding hydrogens is 152 g/mol. The van der Waals surface area contributed by atoms with E-state index in [2.05, 4.69) is 4.98 Å². The molecule has 0 unspecified atom stereocenters. The SMILES string of the molecule is Nc1cccc2cc[nH]c(=O)c12. The largest absolute Gasteiger partial charge is 0.398 e. The van der Waals surface area contributed by atoms with Crippen LogP contribution in [-0.2, 0) is 0 Å². The first-order valence-electron chi connectivity index (χ1n) is 3.65. The van der Waals surface area contributed by atoms with Gasteiger partial charge in [-0.1, -0.05) is 12.1 Å². The lowest BCUT2D eigenvalue weighted by molar-refractivity contribution is 1.28. The number of nitrogens with two attached hydrogens (primary N) is 1. The highest BCUT2D eigenvalue weighted by atomic mass is 16.1. The molecule has 3 N–H and O–H groups in total. The van der Waals surface area contributed by atoms with Gasteiger partial charge in [0.2, 0.25) is 0 Å². The number of nitrogen functional groups attached to an aromatic ring is 1. The van der Waals surface area contributed by atoms with Gasteiger partial charge in [0.25, 0.3) is 5.56 Å². The smallest absolute Gasteiger partial charge is 0.257 e. The molecule has 60 valence electrons. The maximum atomic E-state index is 11.3. The Morgan fingerprint density at radius 2 is 2.08 bits per heavy atom. The number of hydrogen-bond acceptors (Lipinski definition) is 2.